The lowest BCUT2D eigenvalue weighted by Crippen LogP contribution is -2.27. The number of rotatable bonds is 5. The van der Waals surface area contributed by atoms with E-state index in [4.69, 9.17) is 27.7 Å². The Labute approximate surface area is 165 Å². The lowest BCUT2D eigenvalue weighted by atomic mass is 10.1. The zero-order valence-electron chi connectivity index (χ0n) is 14.4. The summed E-state index contributed by atoms with van der Waals surface area (Å²) >= 11 is 11.9. The highest BCUT2D eigenvalue weighted by atomic mass is 35.5. The third-order valence-corrected chi connectivity index (χ3v) is 4.92. The molecule has 1 amide bonds. The minimum absolute atomic E-state index is 0.280. The van der Waals surface area contributed by atoms with Gasteiger partial charge in [-0.15, -0.1) is 0 Å². The first-order chi connectivity index (χ1) is 13.0. The quantitative estimate of drug-likeness (QED) is 0.662. The number of benzene rings is 1. The average Bonchev–Trinajstić information content (AvgIpc) is 3.38. The predicted molar refractivity (Wildman–Crippen MR) is 102 cm³/mol. The topological polar surface area (TPSA) is 80.9 Å². The first-order valence-corrected chi connectivity index (χ1v) is 9.32. The fourth-order valence-electron chi connectivity index (χ4n) is 2.73. The van der Waals surface area contributed by atoms with E-state index in [9.17, 15) is 4.79 Å². The monoisotopic (exact) mass is 402 g/mol. The summed E-state index contributed by atoms with van der Waals surface area (Å²) in [5.41, 5.74) is 2.23. The van der Waals surface area contributed by atoms with E-state index in [1.54, 1.807) is 25.3 Å². The van der Waals surface area contributed by atoms with Crippen molar-refractivity contribution >= 4 is 29.1 Å². The van der Waals surface area contributed by atoms with Gasteiger partial charge in [-0.1, -0.05) is 28.4 Å². The summed E-state index contributed by atoms with van der Waals surface area (Å²) in [6.07, 6.45) is 4.10. The van der Waals surface area contributed by atoms with Crippen molar-refractivity contribution in [2.24, 2.45) is 0 Å². The predicted octanol–water partition coefficient (Wildman–Crippen LogP) is 4.81. The SMILES string of the molecule is CC(NC(=O)c1ccc(Cl)cc1Cl)c1nc(-c2ccnc(C3CC3)c2)no1. The molecule has 0 radical (unpaired) electrons. The summed E-state index contributed by atoms with van der Waals surface area (Å²) in [6, 6.07) is 8.06. The van der Waals surface area contributed by atoms with Gasteiger partial charge in [-0.2, -0.15) is 4.98 Å². The number of hydrogen-bond donors (Lipinski definition) is 1. The molecule has 4 rings (SSSR count). The van der Waals surface area contributed by atoms with Gasteiger partial charge in [0.15, 0.2) is 0 Å². The average molecular weight is 403 g/mol. The zero-order chi connectivity index (χ0) is 19.0. The van der Waals surface area contributed by atoms with Gasteiger partial charge >= 0.3 is 0 Å². The number of amides is 1. The maximum atomic E-state index is 12.4. The van der Waals surface area contributed by atoms with E-state index in [-0.39, 0.29) is 10.9 Å². The Kier molecular flexibility index (Phi) is 4.85. The molecule has 2 heterocycles. The normalized spacial score (nSPS) is 14.8. The van der Waals surface area contributed by atoms with Gasteiger partial charge in [0.25, 0.3) is 5.91 Å². The third-order valence-electron chi connectivity index (χ3n) is 4.37. The van der Waals surface area contributed by atoms with Crippen molar-refractivity contribution < 1.29 is 9.32 Å². The van der Waals surface area contributed by atoms with Gasteiger partial charge in [0.05, 0.1) is 10.6 Å². The van der Waals surface area contributed by atoms with Crippen molar-refractivity contribution in [2.45, 2.75) is 31.7 Å². The molecule has 0 aliphatic heterocycles. The molecular formula is C19H16Cl2N4O2. The highest BCUT2D eigenvalue weighted by Gasteiger charge is 2.26. The smallest absolute Gasteiger partial charge is 0.253 e. The molecule has 138 valence electrons. The highest BCUT2D eigenvalue weighted by Crippen LogP contribution is 2.39. The summed E-state index contributed by atoms with van der Waals surface area (Å²) < 4.78 is 5.33. The van der Waals surface area contributed by atoms with Crippen LogP contribution in [0.3, 0.4) is 0 Å². The third kappa shape index (κ3) is 3.96. The van der Waals surface area contributed by atoms with E-state index < -0.39 is 6.04 Å². The number of halogens is 2. The van der Waals surface area contributed by atoms with Crippen molar-refractivity contribution in [2.75, 3.05) is 0 Å². The zero-order valence-corrected chi connectivity index (χ0v) is 16.0. The van der Waals surface area contributed by atoms with Gasteiger partial charge < -0.3 is 9.84 Å². The lowest BCUT2D eigenvalue weighted by molar-refractivity contribution is 0.0932. The van der Waals surface area contributed by atoms with Crippen molar-refractivity contribution in [3.8, 4) is 11.4 Å². The summed E-state index contributed by atoms with van der Waals surface area (Å²) in [5.74, 6) is 0.982. The summed E-state index contributed by atoms with van der Waals surface area (Å²) in [4.78, 5) is 21.2. The second-order valence-corrected chi connectivity index (χ2v) is 7.36. The first kappa shape index (κ1) is 17.9. The second-order valence-electron chi connectivity index (χ2n) is 6.52. The molecule has 6 nitrogen and oxygen atoms in total. The summed E-state index contributed by atoms with van der Waals surface area (Å²) in [7, 11) is 0. The van der Waals surface area contributed by atoms with Crippen molar-refractivity contribution in [1.82, 2.24) is 20.4 Å². The van der Waals surface area contributed by atoms with E-state index in [0.29, 0.717) is 28.2 Å². The maximum Gasteiger partial charge on any atom is 0.253 e. The second kappa shape index (κ2) is 7.29. The molecule has 1 atom stereocenters. The largest absolute Gasteiger partial charge is 0.340 e. The summed E-state index contributed by atoms with van der Waals surface area (Å²) in [5, 5.41) is 7.58. The molecule has 8 heteroatoms. The van der Waals surface area contributed by atoms with Crippen LogP contribution in [0.2, 0.25) is 10.0 Å². The van der Waals surface area contributed by atoms with Crippen LogP contribution < -0.4 is 5.32 Å². The van der Waals surface area contributed by atoms with Crippen LogP contribution in [0.5, 0.6) is 0 Å². The number of carbonyl (C=O) groups is 1. The Morgan fingerprint density at radius 2 is 2.07 bits per heavy atom. The number of nitrogens with one attached hydrogen (secondary N) is 1. The Balaban J connectivity index is 1.49. The van der Waals surface area contributed by atoms with Crippen LogP contribution in [-0.2, 0) is 0 Å². The van der Waals surface area contributed by atoms with Gasteiger partial charge in [0.2, 0.25) is 11.7 Å². The number of aromatic nitrogens is 3. The maximum absolute atomic E-state index is 12.4. The van der Waals surface area contributed by atoms with E-state index in [1.165, 1.54) is 18.9 Å². The molecule has 1 aliphatic rings. The molecule has 1 aromatic carbocycles. The first-order valence-electron chi connectivity index (χ1n) is 8.57. The number of nitrogens with zero attached hydrogens (tertiary/aromatic N) is 3. The molecule has 1 aliphatic carbocycles. The molecule has 3 aromatic rings. The molecule has 1 saturated carbocycles. The van der Waals surface area contributed by atoms with E-state index in [2.05, 4.69) is 20.4 Å². The van der Waals surface area contributed by atoms with Crippen LogP contribution in [0.4, 0.5) is 0 Å². The Morgan fingerprint density at radius 3 is 2.81 bits per heavy atom. The fraction of sp³-hybridized carbons (Fsp3) is 0.263. The molecule has 27 heavy (non-hydrogen) atoms. The van der Waals surface area contributed by atoms with Crippen molar-refractivity contribution in [3.05, 3.63) is 63.7 Å². The molecular weight excluding hydrogens is 387 g/mol. The standard InChI is InChI=1S/C19H16Cl2N4O2/c1-10(23-18(26)14-5-4-13(20)9-15(14)21)19-24-17(25-27-19)12-6-7-22-16(8-12)11-2-3-11/h4-11H,2-3H2,1H3,(H,23,26). The van der Waals surface area contributed by atoms with Crippen molar-refractivity contribution in [3.63, 3.8) is 0 Å². The molecule has 1 fully saturated rings. The van der Waals surface area contributed by atoms with Crippen LogP contribution in [0.25, 0.3) is 11.4 Å². The molecule has 0 spiro atoms. The van der Waals surface area contributed by atoms with Crippen LogP contribution in [-0.4, -0.2) is 21.0 Å². The minimum Gasteiger partial charge on any atom is -0.340 e. The molecule has 0 bridgehead atoms. The van der Waals surface area contributed by atoms with Gasteiger partial charge in [0.1, 0.15) is 6.04 Å². The Morgan fingerprint density at radius 1 is 1.26 bits per heavy atom. The van der Waals surface area contributed by atoms with Crippen molar-refractivity contribution in [1.29, 1.82) is 0 Å². The number of hydrogen-bond acceptors (Lipinski definition) is 5. The number of pyridine rings is 1. The molecule has 2 aromatic heterocycles. The Hall–Kier alpha value is -2.44. The van der Waals surface area contributed by atoms with Gasteiger partial charge in [-0.3, -0.25) is 9.78 Å². The van der Waals surface area contributed by atoms with Gasteiger partial charge in [-0.05, 0) is 50.1 Å². The molecule has 1 N–H and O–H groups in total. The molecule has 1 unspecified atom stereocenters. The fourth-order valence-corrected chi connectivity index (χ4v) is 3.22. The van der Waals surface area contributed by atoms with Gasteiger partial charge in [-0.25, -0.2) is 0 Å². The van der Waals surface area contributed by atoms with Gasteiger partial charge in [0, 0.05) is 28.4 Å². The minimum atomic E-state index is -0.477. The van der Waals surface area contributed by atoms with E-state index >= 15 is 0 Å². The van der Waals surface area contributed by atoms with Crippen LogP contribution >= 0.6 is 23.2 Å². The Bertz CT molecular complexity index is 1000. The number of carbonyl (C=O) groups excluding carboxylic acids is 1. The van der Waals surface area contributed by atoms with Crippen LogP contribution in [0.1, 0.15) is 53.7 Å². The van der Waals surface area contributed by atoms with E-state index in [1.807, 2.05) is 12.1 Å². The highest BCUT2D eigenvalue weighted by molar-refractivity contribution is 6.36. The van der Waals surface area contributed by atoms with Crippen LogP contribution in [0, 0.1) is 0 Å². The molecule has 0 saturated heterocycles. The van der Waals surface area contributed by atoms with Crippen LogP contribution in [0.15, 0.2) is 41.1 Å². The lowest BCUT2D eigenvalue weighted by Gasteiger charge is -2.10. The van der Waals surface area contributed by atoms with E-state index in [0.717, 1.165) is 11.3 Å². The summed E-state index contributed by atoms with van der Waals surface area (Å²) in [6.45, 7) is 1.77.